The van der Waals surface area contributed by atoms with Crippen molar-refractivity contribution in [2.24, 2.45) is 0 Å². The van der Waals surface area contributed by atoms with Crippen LogP contribution in [0, 0.1) is 6.92 Å². The lowest BCUT2D eigenvalue weighted by molar-refractivity contribution is -0.114. The molecule has 2 aromatic rings. The number of nitrogens with one attached hydrogen (secondary N) is 2. The van der Waals surface area contributed by atoms with Gasteiger partial charge in [0.2, 0.25) is 5.91 Å². The predicted octanol–water partition coefficient (Wildman–Crippen LogP) is 4.07. The number of hydrogen-bond donors (Lipinski definition) is 3. The smallest absolute Gasteiger partial charge is 0.321 e. The molecule has 142 valence electrons. The van der Waals surface area contributed by atoms with Crippen LogP contribution in [0.4, 0.5) is 16.2 Å². The van der Waals surface area contributed by atoms with Crippen LogP contribution in [0.1, 0.15) is 36.8 Å². The maximum absolute atomic E-state index is 12.6. The van der Waals surface area contributed by atoms with Crippen LogP contribution >= 0.6 is 0 Å². The molecular weight excluding hydrogens is 342 g/mol. The molecule has 0 saturated carbocycles. The van der Waals surface area contributed by atoms with Crippen LogP contribution in [0.2, 0.25) is 0 Å². The Morgan fingerprint density at radius 1 is 1.07 bits per heavy atom. The van der Waals surface area contributed by atoms with Crippen molar-refractivity contribution in [3.05, 3.63) is 53.6 Å². The monoisotopic (exact) mass is 367 g/mol. The van der Waals surface area contributed by atoms with Crippen LogP contribution in [-0.2, 0) is 4.79 Å². The molecule has 0 spiro atoms. The number of phenolic OH excluding ortho intramolecular Hbond substituents is 1. The molecule has 3 N–H and O–H groups in total. The maximum atomic E-state index is 12.6. The second kappa shape index (κ2) is 8.12. The Balaban J connectivity index is 1.60. The van der Waals surface area contributed by atoms with Crippen molar-refractivity contribution >= 4 is 23.3 Å². The summed E-state index contributed by atoms with van der Waals surface area (Å²) in [5.41, 5.74) is 3.41. The number of carbonyl (C=O) groups is 2. The number of nitrogens with zero attached hydrogens (tertiary/aromatic N) is 1. The first-order chi connectivity index (χ1) is 12.9. The second-order valence-electron chi connectivity index (χ2n) is 7.00. The molecule has 0 bridgehead atoms. The molecule has 1 aliphatic rings. The van der Waals surface area contributed by atoms with Crippen molar-refractivity contribution in [1.29, 1.82) is 0 Å². The van der Waals surface area contributed by atoms with E-state index in [0.29, 0.717) is 30.4 Å². The zero-order valence-corrected chi connectivity index (χ0v) is 15.7. The SMILES string of the molecule is CC(=O)Nc1ccc(C)c(NC(=O)N2CCC(c3cccc(O)c3)CC2)c1. The third-order valence-corrected chi connectivity index (χ3v) is 4.92. The Morgan fingerprint density at radius 2 is 1.81 bits per heavy atom. The van der Waals surface area contributed by atoms with Gasteiger partial charge in [0.15, 0.2) is 0 Å². The molecule has 6 nitrogen and oxygen atoms in total. The minimum absolute atomic E-state index is 0.132. The fourth-order valence-corrected chi connectivity index (χ4v) is 3.43. The van der Waals surface area contributed by atoms with Crippen molar-refractivity contribution in [2.75, 3.05) is 23.7 Å². The van der Waals surface area contributed by atoms with E-state index in [1.54, 1.807) is 18.2 Å². The number of anilines is 2. The molecule has 0 aliphatic carbocycles. The van der Waals surface area contributed by atoms with Gasteiger partial charge >= 0.3 is 6.03 Å². The number of urea groups is 1. The van der Waals surface area contributed by atoms with Crippen molar-refractivity contribution < 1.29 is 14.7 Å². The Morgan fingerprint density at radius 3 is 2.48 bits per heavy atom. The molecule has 0 radical (unpaired) electrons. The second-order valence-corrected chi connectivity index (χ2v) is 7.00. The van der Waals surface area contributed by atoms with E-state index in [2.05, 4.69) is 10.6 Å². The minimum atomic E-state index is -0.148. The minimum Gasteiger partial charge on any atom is -0.508 e. The van der Waals surface area contributed by atoms with Gasteiger partial charge in [-0.3, -0.25) is 4.79 Å². The molecule has 6 heteroatoms. The Kier molecular flexibility index (Phi) is 5.64. The molecule has 0 atom stereocenters. The first-order valence-corrected chi connectivity index (χ1v) is 9.15. The van der Waals surface area contributed by atoms with E-state index in [9.17, 15) is 14.7 Å². The van der Waals surface area contributed by atoms with Gasteiger partial charge < -0.3 is 20.6 Å². The maximum Gasteiger partial charge on any atom is 0.321 e. The molecule has 0 unspecified atom stereocenters. The Labute approximate surface area is 159 Å². The van der Waals surface area contributed by atoms with Crippen LogP contribution in [0.3, 0.4) is 0 Å². The van der Waals surface area contributed by atoms with Crippen LogP contribution in [-0.4, -0.2) is 35.0 Å². The molecule has 1 heterocycles. The van der Waals surface area contributed by atoms with Gasteiger partial charge in [-0.2, -0.15) is 0 Å². The highest BCUT2D eigenvalue weighted by atomic mass is 16.3. The van der Waals surface area contributed by atoms with E-state index in [1.165, 1.54) is 6.92 Å². The van der Waals surface area contributed by atoms with Crippen LogP contribution in [0.15, 0.2) is 42.5 Å². The van der Waals surface area contributed by atoms with Gasteiger partial charge in [0.1, 0.15) is 5.75 Å². The van der Waals surface area contributed by atoms with Gasteiger partial charge in [-0.15, -0.1) is 0 Å². The number of rotatable bonds is 3. The zero-order valence-electron chi connectivity index (χ0n) is 15.7. The fraction of sp³-hybridized carbons (Fsp3) is 0.333. The summed E-state index contributed by atoms with van der Waals surface area (Å²) in [6.45, 7) is 4.70. The predicted molar refractivity (Wildman–Crippen MR) is 106 cm³/mol. The normalized spacial score (nSPS) is 14.7. The van der Waals surface area contributed by atoms with Crippen molar-refractivity contribution in [3.63, 3.8) is 0 Å². The molecular formula is C21H25N3O3. The number of likely N-dealkylation sites (tertiary alicyclic amines) is 1. The number of hydrogen-bond acceptors (Lipinski definition) is 3. The lowest BCUT2D eigenvalue weighted by atomic mass is 9.89. The topological polar surface area (TPSA) is 81.7 Å². The molecule has 3 amide bonds. The van der Waals surface area contributed by atoms with E-state index in [0.717, 1.165) is 24.0 Å². The van der Waals surface area contributed by atoms with Crippen LogP contribution in [0.5, 0.6) is 5.75 Å². The van der Waals surface area contributed by atoms with Crippen molar-refractivity contribution in [3.8, 4) is 5.75 Å². The summed E-state index contributed by atoms with van der Waals surface area (Å²) in [5, 5.41) is 15.3. The van der Waals surface area contributed by atoms with Gasteiger partial charge in [-0.25, -0.2) is 4.79 Å². The lowest BCUT2D eigenvalue weighted by Crippen LogP contribution is -2.40. The molecule has 3 rings (SSSR count). The summed E-state index contributed by atoms with van der Waals surface area (Å²) in [6, 6.07) is 12.7. The number of aryl methyl sites for hydroxylation is 1. The standard InChI is InChI=1S/C21H25N3O3/c1-14-6-7-18(22-15(2)25)13-20(14)23-21(27)24-10-8-16(9-11-24)17-4-3-5-19(26)12-17/h3-7,12-13,16,26H,8-11H2,1-2H3,(H,22,25)(H,23,27). The summed E-state index contributed by atoms with van der Waals surface area (Å²) in [5.74, 6) is 0.485. The van der Waals surface area contributed by atoms with Crippen molar-refractivity contribution in [2.45, 2.75) is 32.6 Å². The summed E-state index contributed by atoms with van der Waals surface area (Å²) >= 11 is 0. The largest absolute Gasteiger partial charge is 0.508 e. The third kappa shape index (κ3) is 4.78. The highest BCUT2D eigenvalue weighted by Crippen LogP contribution is 2.30. The van der Waals surface area contributed by atoms with Gasteiger partial charge in [0.25, 0.3) is 0 Å². The van der Waals surface area contributed by atoms with Crippen molar-refractivity contribution in [1.82, 2.24) is 4.90 Å². The van der Waals surface area contributed by atoms with E-state index in [1.807, 2.05) is 36.1 Å². The number of benzene rings is 2. The number of phenols is 1. The highest BCUT2D eigenvalue weighted by molar-refractivity contribution is 5.93. The third-order valence-electron chi connectivity index (χ3n) is 4.92. The Bertz CT molecular complexity index is 842. The lowest BCUT2D eigenvalue weighted by Gasteiger charge is -2.32. The highest BCUT2D eigenvalue weighted by Gasteiger charge is 2.24. The van der Waals surface area contributed by atoms with Gasteiger partial charge in [-0.05, 0) is 61.1 Å². The first-order valence-electron chi connectivity index (χ1n) is 9.15. The summed E-state index contributed by atoms with van der Waals surface area (Å²) in [7, 11) is 0. The Hall–Kier alpha value is -3.02. The van der Waals surface area contributed by atoms with Crippen LogP contribution < -0.4 is 10.6 Å². The average Bonchev–Trinajstić information content (AvgIpc) is 2.64. The molecule has 0 aromatic heterocycles. The average molecular weight is 367 g/mol. The van der Waals surface area contributed by atoms with Crippen LogP contribution in [0.25, 0.3) is 0 Å². The first kappa shape index (κ1) is 18.8. The molecule has 2 aromatic carbocycles. The quantitative estimate of drug-likeness (QED) is 0.765. The molecule has 1 aliphatic heterocycles. The summed E-state index contributed by atoms with van der Waals surface area (Å²) in [4.78, 5) is 25.7. The fourth-order valence-electron chi connectivity index (χ4n) is 3.43. The zero-order chi connectivity index (χ0) is 19.4. The van der Waals surface area contributed by atoms with Gasteiger partial charge in [0, 0.05) is 31.4 Å². The number of amides is 3. The number of aromatic hydroxyl groups is 1. The van der Waals surface area contributed by atoms with Gasteiger partial charge in [0.05, 0.1) is 0 Å². The molecule has 27 heavy (non-hydrogen) atoms. The van der Waals surface area contributed by atoms with E-state index < -0.39 is 0 Å². The summed E-state index contributed by atoms with van der Waals surface area (Å²) < 4.78 is 0. The number of carbonyl (C=O) groups excluding carboxylic acids is 2. The number of piperidine rings is 1. The van der Waals surface area contributed by atoms with E-state index in [-0.39, 0.29) is 17.7 Å². The summed E-state index contributed by atoms with van der Waals surface area (Å²) in [6.07, 6.45) is 1.73. The van der Waals surface area contributed by atoms with E-state index >= 15 is 0 Å². The molecule has 1 saturated heterocycles. The van der Waals surface area contributed by atoms with E-state index in [4.69, 9.17) is 0 Å². The molecule has 1 fully saturated rings. The van der Waals surface area contributed by atoms with Gasteiger partial charge in [-0.1, -0.05) is 18.2 Å².